The average Bonchev–Trinajstić information content (AvgIpc) is 3.33. The molecule has 3 heterocycles. The Morgan fingerprint density at radius 3 is 2.43 bits per heavy atom. The molecule has 0 radical (unpaired) electrons. The molecule has 0 unspecified atom stereocenters. The molecule has 1 N–H and O–H groups in total. The zero-order valence-corrected chi connectivity index (χ0v) is 16.5. The van der Waals surface area contributed by atoms with E-state index in [4.69, 9.17) is 9.47 Å². The number of aromatic nitrogens is 4. The first-order valence-electron chi connectivity index (χ1n) is 9.30. The molecule has 0 aromatic carbocycles. The number of fused-ring (bicyclic) bond motifs is 2. The molecule has 154 valence electrons. The van der Waals surface area contributed by atoms with E-state index >= 15 is 0 Å². The Hall–Kier alpha value is -2.72. The summed E-state index contributed by atoms with van der Waals surface area (Å²) in [6.07, 6.45) is 2.08. The maximum absolute atomic E-state index is 12.9. The zero-order valence-electron chi connectivity index (χ0n) is 16.5. The van der Waals surface area contributed by atoms with Crippen LogP contribution in [-0.4, -0.2) is 74.4 Å². The fourth-order valence-electron chi connectivity index (χ4n) is 4.10. The molecule has 1 aromatic heterocycles. The summed E-state index contributed by atoms with van der Waals surface area (Å²) in [4.78, 5) is 40.9. The number of esters is 1. The minimum absolute atomic E-state index is 0.281. The van der Waals surface area contributed by atoms with Gasteiger partial charge in [0.1, 0.15) is 5.60 Å². The predicted molar refractivity (Wildman–Crippen MR) is 94.7 cm³/mol. The van der Waals surface area contributed by atoms with Crippen molar-refractivity contribution in [3.05, 3.63) is 6.33 Å². The predicted octanol–water partition coefficient (Wildman–Crippen LogP) is -0.0236. The monoisotopic (exact) mass is 394 g/mol. The third kappa shape index (κ3) is 3.92. The number of nitrogens with one attached hydrogen (secondary N) is 1. The van der Waals surface area contributed by atoms with Crippen molar-refractivity contribution in [2.75, 3.05) is 13.7 Å². The van der Waals surface area contributed by atoms with E-state index in [-0.39, 0.29) is 12.5 Å². The molecule has 28 heavy (non-hydrogen) atoms. The summed E-state index contributed by atoms with van der Waals surface area (Å²) in [5, 5.41) is 14.0. The number of rotatable bonds is 5. The number of carbonyl (C=O) groups excluding carboxylic acids is 3. The van der Waals surface area contributed by atoms with Gasteiger partial charge in [-0.05, 0) is 38.8 Å². The molecule has 11 heteroatoms. The van der Waals surface area contributed by atoms with Gasteiger partial charge in [-0.2, -0.15) is 4.80 Å². The lowest BCUT2D eigenvalue weighted by Gasteiger charge is -2.28. The quantitative estimate of drug-likeness (QED) is 0.690. The van der Waals surface area contributed by atoms with Gasteiger partial charge in [-0.15, -0.1) is 10.2 Å². The van der Waals surface area contributed by atoms with E-state index in [2.05, 4.69) is 20.7 Å². The molecule has 0 saturated carbocycles. The molecule has 2 aliphatic rings. The number of ether oxygens (including phenoxy) is 2. The lowest BCUT2D eigenvalue weighted by atomic mass is 9.78. The van der Waals surface area contributed by atoms with E-state index in [1.165, 1.54) is 18.2 Å². The molecular weight excluding hydrogens is 368 g/mol. The van der Waals surface area contributed by atoms with Crippen LogP contribution in [0.5, 0.6) is 0 Å². The van der Waals surface area contributed by atoms with Crippen molar-refractivity contribution in [1.29, 1.82) is 0 Å². The fraction of sp³-hybridized carbons (Fsp3) is 0.765. The van der Waals surface area contributed by atoms with Crippen LogP contribution in [0.4, 0.5) is 4.79 Å². The van der Waals surface area contributed by atoms with Crippen LogP contribution in [0.1, 0.15) is 33.6 Å². The maximum Gasteiger partial charge on any atom is 0.410 e. The van der Waals surface area contributed by atoms with Crippen molar-refractivity contribution in [1.82, 2.24) is 30.4 Å². The van der Waals surface area contributed by atoms with Crippen LogP contribution in [0, 0.1) is 11.8 Å². The van der Waals surface area contributed by atoms with E-state index in [1.807, 2.05) is 0 Å². The summed E-state index contributed by atoms with van der Waals surface area (Å²) in [6.45, 7) is 5.98. The van der Waals surface area contributed by atoms with Gasteiger partial charge in [-0.1, -0.05) is 0 Å². The van der Waals surface area contributed by atoms with Crippen molar-refractivity contribution < 1.29 is 23.9 Å². The van der Waals surface area contributed by atoms with Crippen LogP contribution in [-0.2, 0) is 25.6 Å². The Labute approximate surface area is 162 Å². The molecule has 2 aliphatic heterocycles. The van der Waals surface area contributed by atoms with E-state index in [0.29, 0.717) is 19.4 Å². The summed E-state index contributed by atoms with van der Waals surface area (Å²) >= 11 is 0. The van der Waals surface area contributed by atoms with Crippen molar-refractivity contribution in [2.24, 2.45) is 11.8 Å². The lowest BCUT2D eigenvalue weighted by molar-refractivity contribution is -0.150. The van der Waals surface area contributed by atoms with Gasteiger partial charge in [0, 0.05) is 18.6 Å². The van der Waals surface area contributed by atoms with Gasteiger partial charge in [0.25, 0.3) is 0 Å². The number of hydrogen-bond donors (Lipinski definition) is 1. The number of nitrogens with zero attached hydrogens (tertiary/aromatic N) is 5. The van der Waals surface area contributed by atoms with Crippen molar-refractivity contribution in [3.63, 3.8) is 0 Å². The second-order valence-electron chi connectivity index (χ2n) is 8.00. The highest BCUT2D eigenvalue weighted by Crippen LogP contribution is 2.47. The molecule has 2 saturated heterocycles. The SMILES string of the molecule is COC(=O)[C@H]1[C@@H](C(=O)NCCn2ncnn2)[C@@H]2CC[C@@H]1N2C(=O)OC(C)(C)C. The Balaban J connectivity index is 1.73. The second kappa shape index (κ2) is 7.72. The fourth-order valence-corrected chi connectivity index (χ4v) is 4.10. The molecule has 0 aliphatic carbocycles. The van der Waals surface area contributed by atoms with Gasteiger partial charge < -0.3 is 19.7 Å². The second-order valence-corrected chi connectivity index (χ2v) is 8.00. The van der Waals surface area contributed by atoms with E-state index in [0.717, 1.165) is 0 Å². The maximum atomic E-state index is 12.9. The Kier molecular flexibility index (Phi) is 5.52. The van der Waals surface area contributed by atoms with Crippen LogP contribution >= 0.6 is 0 Å². The number of carbonyl (C=O) groups is 3. The molecule has 2 amide bonds. The Bertz CT molecular complexity index is 731. The molecule has 2 fully saturated rings. The van der Waals surface area contributed by atoms with Gasteiger partial charge in [0.05, 0.1) is 25.5 Å². The number of amides is 2. The normalized spacial score (nSPS) is 26.2. The molecule has 4 atom stereocenters. The Morgan fingerprint density at radius 1 is 1.18 bits per heavy atom. The average molecular weight is 394 g/mol. The molecule has 11 nitrogen and oxygen atoms in total. The van der Waals surface area contributed by atoms with E-state index in [9.17, 15) is 14.4 Å². The third-order valence-electron chi connectivity index (χ3n) is 5.07. The van der Waals surface area contributed by atoms with Gasteiger partial charge in [-0.25, -0.2) is 4.79 Å². The van der Waals surface area contributed by atoms with Crippen molar-refractivity contribution >= 4 is 18.0 Å². The largest absolute Gasteiger partial charge is 0.469 e. The molecule has 3 rings (SSSR count). The Morgan fingerprint density at radius 2 is 1.86 bits per heavy atom. The standard InChI is InChI=1S/C17H26N6O5/c1-17(2,3)28-16(26)23-10-5-6-11(23)13(15(25)27-4)12(10)14(24)18-7-8-22-20-9-19-21-22/h9-13H,5-8H2,1-4H3,(H,18,24)/t10-,11-,12-,13+/m0/s1. The third-order valence-corrected chi connectivity index (χ3v) is 5.07. The first kappa shape index (κ1) is 20.0. The molecule has 1 aromatic rings. The highest BCUT2D eigenvalue weighted by atomic mass is 16.6. The first-order chi connectivity index (χ1) is 13.2. The van der Waals surface area contributed by atoms with Gasteiger partial charge in [0.2, 0.25) is 5.91 Å². The minimum Gasteiger partial charge on any atom is -0.469 e. The zero-order chi connectivity index (χ0) is 20.5. The van der Waals surface area contributed by atoms with E-state index < -0.39 is 41.6 Å². The highest BCUT2D eigenvalue weighted by molar-refractivity contribution is 5.89. The topological polar surface area (TPSA) is 129 Å². The van der Waals surface area contributed by atoms with Gasteiger partial charge >= 0.3 is 12.1 Å². The summed E-state index contributed by atoms with van der Waals surface area (Å²) in [7, 11) is 1.29. The van der Waals surface area contributed by atoms with Gasteiger partial charge in [0.15, 0.2) is 6.33 Å². The summed E-state index contributed by atoms with van der Waals surface area (Å²) in [5.41, 5.74) is -0.664. The highest BCUT2D eigenvalue weighted by Gasteiger charge is 2.61. The summed E-state index contributed by atoms with van der Waals surface area (Å²) in [5.74, 6) is -2.17. The van der Waals surface area contributed by atoms with Crippen LogP contribution < -0.4 is 5.32 Å². The first-order valence-corrected chi connectivity index (χ1v) is 9.30. The number of methoxy groups -OCH3 is 1. The van der Waals surface area contributed by atoms with Gasteiger partial charge in [-0.3, -0.25) is 9.59 Å². The summed E-state index contributed by atoms with van der Waals surface area (Å²) in [6, 6.07) is -0.798. The van der Waals surface area contributed by atoms with Crippen LogP contribution in [0.2, 0.25) is 0 Å². The smallest absolute Gasteiger partial charge is 0.410 e. The lowest BCUT2D eigenvalue weighted by Crippen LogP contribution is -2.45. The molecule has 0 spiro atoms. The number of hydrogen-bond acceptors (Lipinski definition) is 8. The van der Waals surface area contributed by atoms with Crippen LogP contribution in [0.15, 0.2) is 6.33 Å². The van der Waals surface area contributed by atoms with Crippen molar-refractivity contribution in [2.45, 2.75) is 57.8 Å². The molecule has 2 bridgehead atoms. The minimum atomic E-state index is -0.708. The molecular formula is C17H26N6O5. The van der Waals surface area contributed by atoms with Crippen molar-refractivity contribution in [3.8, 4) is 0 Å². The number of tetrazole rings is 1. The van der Waals surface area contributed by atoms with E-state index in [1.54, 1.807) is 25.7 Å². The van der Waals surface area contributed by atoms with Crippen LogP contribution in [0.3, 0.4) is 0 Å². The van der Waals surface area contributed by atoms with Crippen LogP contribution in [0.25, 0.3) is 0 Å². The summed E-state index contributed by atoms with van der Waals surface area (Å²) < 4.78 is 10.4.